The maximum atomic E-state index is 13.3. The van der Waals surface area contributed by atoms with E-state index < -0.39 is 23.3 Å². The van der Waals surface area contributed by atoms with E-state index in [4.69, 9.17) is 16.3 Å². The number of halogens is 1. The predicted octanol–water partition coefficient (Wildman–Crippen LogP) is 3.85. The van der Waals surface area contributed by atoms with Gasteiger partial charge in [0.15, 0.2) is 0 Å². The Bertz CT molecular complexity index is 807. The van der Waals surface area contributed by atoms with Crippen LogP contribution in [0.15, 0.2) is 24.3 Å². The molecule has 2 aliphatic rings. The number of carbonyl (C=O) groups is 3. The van der Waals surface area contributed by atoms with E-state index in [1.807, 2.05) is 6.07 Å². The van der Waals surface area contributed by atoms with Gasteiger partial charge in [0.25, 0.3) is 5.91 Å². The van der Waals surface area contributed by atoms with E-state index in [2.05, 4.69) is 10.6 Å². The number of urea groups is 1. The number of benzene rings is 1. The zero-order valence-electron chi connectivity index (χ0n) is 17.1. The molecule has 1 spiro atoms. The Morgan fingerprint density at radius 3 is 2.79 bits per heavy atom. The molecule has 8 heteroatoms. The first kappa shape index (κ1) is 21.4. The SMILES string of the molecule is CC(C)(C)OC(=O)NCC1CCCCC12NC(=O)N(Cc1cccc(Cl)c1)C2=O. The number of nitrogens with zero attached hydrogens (tertiary/aromatic N) is 1. The first-order valence-corrected chi connectivity index (χ1v) is 10.3. The highest BCUT2D eigenvalue weighted by molar-refractivity contribution is 6.30. The number of rotatable bonds is 4. The molecule has 0 radical (unpaired) electrons. The summed E-state index contributed by atoms with van der Waals surface area (Å²) in [4.78, 5) is 39.3. The van der Waals surface area contributed by atoms with Gasteiger partial charge < -0.3 is 15.4 Å². The Balaban J connectivity index is 1.73. The summed E-state index contributed by atoms with van der Waals surface area (Å²) in [6, 6.07) is 6.71. The molecule has 1 aromatic carbocycles. The van der Waals surface area contributed by atoms with Crippen LogP contribution in [0.3, 0.4) is 0 Å². The van der Waals surface area contributed by atoms with Gasteiger partial charge in [-0.1, -0.05) is 36.6 Å². The van der Waals surface area contributed by atoms with Crippen molar-refractivity contribution < 1.29 is 19.1 Å². The lowest BCUT2D eigenvalue weighted by atomic mass is 9.72. The van der Waals surface area contributed by atoms with E-state index in [1.54, 1.807) is 39.0 Å². The first-order chi connectivity index (χ1) is 13.6. The van der Waals surface area contributed by atoms with Gasteiger partial charge in [-0.3, -0.25) is 9.69 Å². The highest BCUT2D eigenvalue weighted by atomic mass is 35.5. The molecule has 1 heterocycles. The van der Waals surface area contributed by atoms with Gasteiger partial charge in [-0.2, -0.15) is 0 Å². The fourth-order valence-corrected chi connectivity index (χ4v) is 4.31. The quantitative estimate of drug-likeness (QED) is 0.723. The van der Waals surface area contributed by atoms with E-state index in [0.717, 1.165) is 24.8 Å². The fourth-order valence-electron chi connectivity index (χ4n) is 4.09. The molecule has 2 fully saturated rings. The van der Waals surface area contributed by atoms with Gasteiger partial charge in [-0.25, -0.2) is 9.59 Å². The van der Waals surface area contributed by atoms with Gasteiger partial charge in [-0.15, -0.1) is 0 Å². The summed E-state index contributed by atoms with van der Waals surface area (Å²) < 4.78 is 5.29. The van der Waals surface area contributed by atoms with Crippen LogP contribution in [0.1, 0.15) is 52.0 Å². The van der Waals surface area contributed by atoms with E-state index in [1.165, 1.54) is 4.90 Å². The summed E-state index contributed by atoms with van der Waals surface area (Å²) in [7, 11) is 0. The average Bonchev–Trinajstić information content (AvgIpc) is 2.84. The molecule has 4 amide bonds. The lowest BCUT2D eigenvalue weighted by Crippen LogP contribution is -2.57. The molecule has 0 bridgehead atoms. The van der Waals surface area contributed by atoms with Crippen LogP contribution in [-0.2, 0) is 16.1 Å². The van der Waals surface area contributed by atoms with Crippen molar-refractivity contribution in [2.24, 2.45) is 5.92 Å². The second kappa shape index (κ2) is 8.22. The van der Waals surface area contributed by atoms with Gasteiger partial charge in [0.1, 0.15) is 11.1 Å². The van der Waals surface area contributed by atoms with Crippen LogP contribution in [0.4, 0.5) is 9.59 Å². The highest BCUT2D eigenvalue weighted by Crippen LogP contribution is 2.38. The molecule has 1 aliphatic carbocycles. The normalized spacial score (nSPS) is 24.6. The maximum absolute atomic E-state index is 13.3. The molecule has 2 unspecified atom stereocenters. The largest absolute Gasteiger partial charge is 0.444 e. The maximum Gasteiger partial charge on any atom is 0.407 e. The Hall–Kier alpha value is -2.28. The monoisotopic (exact) mass is 421 g/mol. The summed E-state index contributed by atoms with van der Waals surface area (Å²) in [5, 5.41) is 6.26. The predicted molar refractivity (Wildman–Crippen MR) is 109 cm³/mol. The van der Waals surface area contributed by atoms with Crippen molar-refractivity contribution in [2.75, 3.05) is 6.54 Å². The number of amides is 4. The number of hydrogen-bond acceptors (Lipinski definition) is 4. The van der Waals surface area contributed by atoms with E-state index in [-0.39, 0.29) is 24.9 Å². The first-order valence-electron chi connectivity index (χ1n) is 9.96. The molecule has 3 rings (SSSR count). The van der Waals surface area contributed by atoms with Crippen molar-refractivity contribution in [1.82, 2.24) is 15.5 Å². The van der Waals surface area contributed by atoms with Gasteiger partial charge in [0.05, 0.1) is 6.54 Å². The summed E-state index contributed by atoms with van der Waals surface area (Å²) in [5.41, 5.74) is -0.792. The lowest BCUT2D eigenvalue weighted by Gasteiger charge is -2.39. The molecule has 2 atom stereocenters. The Kier molecular flexibility index (Phi) is 6.08. The second-order valence-corrected chi connectivity index (χ2v) is 9.18. The Morgan fingerprint density at radius 2 is 2.10 bits per heavy atom. The number of nitrogens with one attached hydrogen (secondary N) is 2. The van der Waals surface area contributed by atoms with Crippen molar-refractivity contribution >= 4 is 29.6 Å². The van der Waals surface area contributed by atoms with Crippen LogP contribution in [0, 0.1) is 5.92 Å². The molecule has 0 aromatic heterocycles. The van der Waals surface area contributed by atoms with Crippen molar-refractivity contribution in [2.45, 2.75) is 64.1 Å². The minimum atomic E-state index is -0.983. The molecule has 1 saturated heterocycles. The van der Waals surface area contributed by atoms with Gasteiger partial charge in [-0.05, 0) is 51.3 Å². The number of hydrogen-bond donors (Lipinski definition) is 2. The molecule has 158 valence electrons. The van der Waals surface area contributed by atoms with Crippen LogP contribution in [0.25, 0.3) is 0 Å². The van der Waals surface area contributed by atoms with Crippen LogP contribution in [0.2, 0.25) is 5.02 Å². The summed E-state index contributed by atoms with van der Waals surface area (Å²) in [6.45, 7) is 5.82. The number of ether oxygens (including phenoxy) is 1. The lowest BCUT2D eigenvalue weighted by molar-refractivity contribution is -0.134. The molecule has 2 N–H and O–H groups in total. The molecule has 29 heavy (non-hydrogen) atoms. The third-order valence-electron chi connectivity index (χ3n) is 5.39. The average molecular weight is 422 g/mol. The van der Waals surface area contributed by atoms with Crippen LogP contribution < -0.4 is 10.6 Å². The molecule has 1 aromatic rings. The zero-order valence-corrected chi connectivity index (χ0v) is 17.8. The highest BCUT2D eigenvalue weighted by Gasteiger charge is 2.56. The molecule has 7 nitrogen and oxygen atoms in total. The van der Waals surface area contributed by atoms with E-state index >= 15 is 0 Å². The standard InChI is InChI=1S/C21H28ClN3O4/c1-20(2,3)29-19(28)23-12-15-8-4-5-10-21(15)17(26)25(18(27)24-21)13-14-7-6-9-16(22)11-14/h6-7,9,11,15H,4-5,8,10,12-13H2,1-3H3,(H,23,28)(H,24,27). The van der Waals surface area contributed by atoms with Gasteiger partial charge in [0.2, 0.25) is 0 Å². The third kappa shape index (κ3) is 4.83. The second-order valence-electron chi connectivity index (χ2n) is 8.75. The van der Waals surface area contributed by atoms with Crippen molar-refractivity contribution in [1.29, 1.82) is 0 Å². The summed E-state index contributed by atoms with van der Waals surface area (Å²) >= 11 is 6.03. The Labute approximate surface area is 176 Å². The smallest absolute Gasteiger partial charge is 0.407 e. The topological polar surface area (TPSA) is 87.7 Å². The molecule has 1 saturated carbocycles. The van der Waals surface area contributed by atoms with Crippen LogP contribution in [-0.4, -0.2) is 40.6 Å². The Morgan fingerprint density at radius 1 is 1.34 bits per heavy atom. The zero-order chi connectivity index (χ0) is 21.2. The molecular weight excluding hydrogens is 394 g/mol. The number of alkyl carbamates (subject to hydrolysis) is 1. The minimum absolute atomic E-state index is 0.166. The number of imide groups is 1. The third-order valence-corrected chi connectivity index (χ3v) is 5.63. The summed E-state index contributed by atoms with van der Waals surface area (Å²) in [5.74, 6) is -0.428. The van der Waals surface area contributed by atoms with Crippen molar-refractivity contribution in [3.8, 4) is 0 Å². The number of carbonyl (C=O) groups excluding carboxylic acids is 3. The molecule has 1 aliphatic heterocycles. The van der Waals surface area contributed by atoms with Crippen molar-refractivity contribution in [3.05, 3.63) is 34.9 Å². The van der Waals surface area contributed by atoms with E-state index in [0.29, 0.717) is 11.4 Å². The van der Waals surface area contributed by atoms with Crippen LogP contribution in [0.5, 0.6) is 0 Å². The van der Waals surface area contributed by atoms with Crippen LogP contribution >= 0.6 is 11.6 Å². The minimum Gasteiger partial charge on any atom is -0.444 e. The summed E-state index contributed by atoms with van der Waals surface area (Å²) in [6.07, 6.45) is 2.57. The van der Waals surface area contributed by atoms with E-state index in [9.17, 15) is 14.4 Å². The van der Waals surface area contributed by atoms with Crippen molar-refractivity contribution in [3.63, 3.8) is 0 Å². The van der Waals surface area contributed by atoms with Gasteiger partial charge >= 0.3 is 12.1 Å². The molecular formula is C21H28ClN3O4. The van der Waals surface area contributed by atoms with Gasteiger partial charge in [0, 0.05) is 17.5 Å². The fraction of sp³-hybridized carbons (Fsp3) is 0.571.